The van der Waals surface area contributed by atoms with Gasteiger partial charge in [-0.1, -0.05) is 15.9 Å². The molecule has 0 radical (unpaired) electrons. The third-order valence-electron chi connectivity index (χ3n) is 5.09. The first-order valence-electron chi connectivity index (χ1n) is 9.67. The number of hydrogen-bond acceptors (Lipinski definition) is 5. The second-order valence-electron chi connectivity index (χ2n) is 7.43. The molecule has 0 spiro atoms. The lowest BCUT2D eigenvalue weighted by Gasteiger charge is -2.33. The molecule has 154 valence electrons. The van der Waals surface area contributed by atoms with Crippen LogP contribution < -0.4 is 10.2 Å². The van der Waals surface area contributed by atoms with Crippen molar-refractivity contribution in [2.45, 2.75) is 26.8 Å². The molecule has 1 aliphatic heterocycles. The van der Waals surface area contributed by atoms with Crippen molar-refractivity contribution >= 4 is 38.3 Å². The summed E-state index contributed by atoms with van der Waals surface area (Å²) in [4.78, 5) is 13.2. The number of nitrogens with one attached hydrogen (secondary N) is 1. The van der Waals surface area contributed by atoms with Gasteiger partial charge < -0.3 is 15.3 Å². The zero-order valence-electron chi connectivity index (χ0n) is 17.2. The number of hydrogen-bond donors (Lipinski definition) is 2. The fourth-order valence-corrected chi connectivity index (χ4v) is 3.94. The van der Waals surface area contributed by atoms with Gasteiger partial charge in [-0.2, -0.15) is 5.10 Å². The van der Waals surface area contributed by atoms with Gasteiger partial charge in [-0.05, 0) is 57.2 Å². The maximum atomic E-state index is 10.8. The second kappa shape index (κ2) is 8.97. The molecule has 1 saturated heterocycles. The third kappa shape index (κ3) is 4.97. The van der Waals surface area contributed by atoms with E-state index in [2.05, 4.69) is 63.3 Å². The zero-order valence-corrected chi connectivity index (χ0v) is 18.8. The lowest BCUT2D eigenvalue weighted by atomic mass is 10.1. The van der Waals surface area contributed by atoms with E-state index in [1.807, 2.05) is 11.7 Å². The summed E-state index contributed by atoms with van der Waals surface area (Å²) in [5.74, 6) is -0.109. The first-order chi connectivity index (χ1) is 13.8. The standard InChI is InChI=1S/C14H20N4.C8H7BrO2/c1-10-9-18(7-6-15-10)12-4-5-13-11(2)16-17(3)14(13)8-12;1-5(10)7-3-2-6(9)4-8(7)11/h4-5,8,10,15H,6-7,9H2,1-3H3;2-4,11H,1H3/t10-;/m1./s1. The Balaban J connectivity index is 0.000000188. The molecule has 29 heavy (non-hydrogen) atoms. The van der Waals surface area contributed by atoms with Gasteiger partial charge >= 0.3 is 0 Å². The number of piperazine rings is 1. The maximum absolute atomic E-state index is 10.8. The quantitative estimate of drug-likeness (QED) is 0.567. The molecule has 1 aromatic heterocycles. The van der Waals surface area contributed by atoms with Gasteiger partial charge in [-0.25, -0.2) is 0 Å². The van der Waals surface area contributed by atoms with E-state index in [0.29, 0.717) is 11.6 Å². The van der Waals surface area contributed by atoms with Crippen molar-refractivity contribution in [1.29, 1.82) is 0 Å². The number of carbonyl (C=O) groups excluding carboxylic acids is 1. The highest BCUT2D eigenvalue weighted by atomic mass is 79.9. The Morgan fingerprint density at radius 3 is 2.69 bits per heavy atom. The van der Waals surface area contributed by atoms with E-state index in [9.17, 15) is 9.90 Å². The summed E-state index contributed by atoms with van der Waals surface area (Å²) < 4.78 is 2.74. The van der Waals surface area contributed by atoms with E-state index in [1.54, 1.807) is 12.1 Å². The van der Waals surface area contributed by atoms with Crippen molar-refractivity contribution in [3.63, 3.8) is 0 Å². The van der Waals surface area contributed by atoms with E-state index in [4.69, 9.17) is 0 Å². The van der Waals surface area contributed by atoms with Crippen molar-refractivity contribution in [2.24, 2.45) is 7.05 Å². The van der Waals surface area contributed by atoms with Crippen LogP contribution in [0.3, 0.4) is 0 Å². The number of aromatic nitrogens is 2. The third-order valence-corrected chi connectivity index (χ3v) is 5.59. The molecule has 0 saturated carbocycles. The van der Waals surface area contributed by atoms with Gasteiger partial charge in [0, 0.05) is 48.3 Å². The van der Waals surface area contributed by atoms with Gasteiger partial charge in [0.25, 0.3) is 0 Å². The monoisotopic (exact) mass is 458 g/mol. The topological polar surface area (TPSA) is 70.4 Å². The van der Waals surface area contributed by atoms with Gasteiger partial charge in [0.1, 0.15) is 5.75 Å². The second-order valence-corrected chi connectivity index (χ2v) is 8.34. The van der Waals surface area contributed by atoms with Crippen molar-refractivity contribution in [3.8, 4) is 5.75 Å². The highest BCUT2D eigenvalue weighted by Crippen LogP contribution is 2.25. The van der Waals surface area contributed by atoms with Crippen LogP contribution in [0.15, 0.2) is 40.9 Å². The smallest absolute Gasteiger partial charge is 0.163 e. The molecule has 1 aliphatic rings. The van der Waals surface area contributed by atoms with Crippen LogP contribution >= 0.6 is 15.9 Å². The van der Waals surface area contributed by atoms with Gasteiger partial charge in [0.2, 0.25) is 0 Å². The fourth-order valence-electron chi connectivity index (χ4n) is 3.59. The molecule has 2 heterocycles. The van der Waals surface area contributed by atoms with Crippen LogP contribution in [0.1, 0.15) is 29.9 Å². The molecule has 0 unspecified atom stereocenters. The summed E-state index contributed by atoms with van der Waals surface area (Å²) in [6.45, 7) is 8.93. The number of fused-ring (bicyclic) bond motifs is 1. The number of aromatic hydroxyl groups is 1. The summed E-state index contributed by atoms with van der Waals surface area (Å²) in [6.07, 6.45) is 0. The van der Waals surface area contributed by atoms with Crippen molar-refractivity contribution in [2.75, 3.05) is 24.5 Å². The maximum Gasteiger partial charge on any atom is 0.163 e. The van der Waals surface area contributed by atoms with Crippen LogP contribution in [0.5, 0.6) is 5.75 Å². The molecular weight excluding hydrogens is 432 g/mol. The molecule has 2 N–H and O–H groups in total. The number of Topliss-reactive ketones (excluding diaryl/α,β-unsaturated/α-hetero) is 1. The number of aryl methyl sites for hydroxylation is 2. The summed E-state index contributed by atoms with van der Waals surface area (Å²) in [5, 5.41) is 18.4. The minimum Gasteiger partial charge on any atom is -0.507 e. The molecule has 0 amide bonds. The molecule has 3 aromatic rings. The zero-order chi connectivity index (χ0) is 21.1. The van der Waals surface area contributed by atoms with Crippen LogP contribution in [-0.2, 0) is 7.05 Å². The molecular formula is C22H27BrN4O2. The Bertz CT molecular complexity index is 1030. The van der Waals surface area contributed by atoms with Crippen molar-refractivity contribution < 1.29 is 9.90 Å². The molecule has 1 atom stereocenters. The molecule has 4 rings (SSSR count). The highest BCUT2D eigenvalue weighted by molar-refractivity contribution is 9.10. The number of carbonyl (C=O) groups is 1. The Hall–Kier alpha value is -2.38. The summed E-state index contributed by atoms with van der Waals surface area (Å²) in [7, 11) is 2.01. The number of ketones is 1. The Labute approximate surface area is 179 Å². The first-order valence-corrected chi connectivity index (χ1v) is 10.5. The van der Waals surface area contributed by atoms with E-state index < -0.39 is 0 Å². The SMILES string of the molecule is CC(=O)c1ccc(Br)cc1O.Cc1nn(C)c2cc(N3CCN[C@H](C)C3)ccc12. The molecule has 0 bridgehead atoms. The molecule has 7 heteroatoms. The fraction of sp³-hybridized carbons (Fsp3) is 0.364. The first kappa shape index (κ1) is 21.3. The van der Waals surface area contributed by atoms with Crippen LogP contribution in [0.4, 0.5) is 5.69 Å². The van der Waals surface area contributed by atoms with Gasteiger partial charge in [-0.15, -0.1) is 0 Å². The van der Waals surface area contributed by atoms with E-state index in [-0.39, 0.29) is 11.5 Å². The molecule has 0 aliphatic carbocycles. The molecule has 1 fully saturated rings. The number of benzene rings is 2. The predicted molar refractivity (Wildman–Crippen MR) is 121 cm³/mol. The van der Waals surface area contributed by atoms with Crippen LogP contribution in [-0.4, -0.2) is 46.3 Å². The van der Waals surface area contributed by atoms with E-state index >= 15 is 0 Å². The van der Waals surface area contributed by atoms with Crippen molar-refractivity contribution in [1.82, 2.24) is 15.1 Å². The van der Waals surface area contributed by atoms with E-state index in [0.717, 1.165) is 29.8 Å². The minimum atomic E-state index is -0.130. The summed E-state index contributed by atoms with van der Waals surface area (Å²) in [6, 6.07) is 12.0. The van der Waals surface area contributed by atoms with Gasteiger partial charge in [0.05, 0.1) is 16.8 Å². The number of phenols is 1. The lowest BCUT2D eigenvalue weighted by molar-refractivity contribution is 0.101. The number of anilines is 1. The van der Waals surface area contributed by atoms with Gasteiger partial charge in [0.15, 0.2) is 5.78 Å². The highest BCUT2D eigenvalue weighted by Gasteiger charge is 2.17. The summed E-state index contributed by atoms with van der Waals surface area (Å²) >= 11 is 3.17. The van der Waals surface area contributed by atoms with E-state index in [1.165, 1.54) is 29.6 Å². The van der Waals surface area contributed by atoms with Crippen LogP contribution in [0.25, 0.3) is 10.9 Å². The normalized spacial score (nSPS) is 16.4. The Morgan fingerprint density at radius 2 is 2.03 bits per heavy atom. The number of nitrogens with zero attached hydrogens (tertiary/aromatic N) is 3. The van der Waals surface area contributed by atoms with Crippen molar-refractivity contribution in [3.05, 3.63) is 52.1 Å². The lowest BCUT2D eigenvalue weighted by Crippen LogP contribution is -2.49. The largest absolute Gasteiger partial charge is 0.507 e. The number of halogens is 1. The minimum absolute atomic E-state index is 0.0203. The average molecular weight is 459 g/mol. The van der Waals surface area contributed by atoms with Crippen LogP contribution in [0, 0.1) is 6.92 Å². The van der Waals surface area contributed by atoms with Gasteiger partial charge in [-0.3, -0.25) is 9.48 Å². The Kier molecular flexibility index (Phi) is 6.59. The number of phenolic OH excluding ortho intramolecular Hbond substituents is 1. The number of rotatable bonds is 2. The Morgan fingerprint density at radius 1 is 1.28 bits per heavy atom. The molecule has 2 aromatic carbocycles. The average Bonchev–Trinajstić information content (AvgIpc) is 2.95. The van der Waals surface area contributed by atoms with Crippen LogP contribution in [0.2, 0.25) is 0 Å². The predicted octanol–water partition coefficient (Wildman–Crippen LogP) is 4.04. The molecule has 6 nitrogen and oxygen atoms in total. The summed E-state index contributed by atoms with van der Waals surface area (Å²) in [5.41, 5.74) is 3.98.